The van der Waals surface area contributed by atoms with E-state index in [4.69, 9.17) is 17.3 Å². The predicted octanol–water partition coefficient (Wildman–Crippen LogP) is 0.302. The Morgan fingerprint density at radius 3 is 2.45 bits per heavy atom. The molecule has 0 bridgehead atoms. The number of nitrogens with zero attached hydrogens (tertiary/aromatic N) is 1. The lowest BCUT2D eigenvalue weighted by atomic mass is 9.92. The fourth-order valence-corrected chi connectivity index (χ4v) is 2.27. The molecule has 1 aliphatic rings. The van der Waals surface area contributed by atoms with Gasteiger partial charge in [0, 0.05) is 5.02 Å². The van der Waals surface area contributed by atoms with Crippen LogP contribution in [-0.4, -0.2) is 35.3 Å². The van der Waals surface area contributed by atoms with Gasteiger partial charge in [0.25, 0.3) is 5.91 Å². The molecule has 9 heteroatoms. The van der Waals surface area contributed by atoms with Crippen LogP contribution in [-0.2, 0) is 15.1 Å². The molecule has 6 amide bonds. The van der Waals surface area contributed by atoms with Crippen molar-refractivity contribution >= 4 is 35.5 Å². The monoisotopic (exact) mass is 324 g/mol. The van der Waals surface area contributed by atoms with Crippen LogP contribution in [0.5, 0.6) is 0 Å². The van der Waals surface area contributed by atoms with E-state index < -0.39 is 36.0 Å². The number of carbonyl (C=O) groups is 4. The summed E-state index contributed by atoms with van der Waals surface area (Å²) in [6.07, 6.45) is 0. The van der Waals surface area contributed by atoms with E-state index >= 15 is 0 Å². The second-order valence-corrected chi connectivity index (χ2v) is 5.30. The van der Waals surface area contributed by atoms with Crippen LogP contribution in [0.4, 0.5) is 9.59 Å². The zero-order valence-electron chi connectivity index (χ0n) is 11.6. The third-order valence-electron chi connectivity index (χ3n) is 3.26. The minimum Gasteiger partial charge on any atom is -0.351 e. The molecule has 116 valence electrons. The summed E-state index contributed by atoms with van der Waals surface area (Å²) >= 11 is 5.80. The molecule has 1 fully saturated rings. The molecule has 1 unspecified atom stereocenters. The molecular weight excluding hydrogens is 312 g/mol. The maximum absolute atomic E-state index is 12.5. The number of urea groups is 2. The van der Waals surface area contributed by atoms with Crippen LogP contribution in [0.15, 0.2) is 24.3 Å². The van der Waals surface area contributed by atoms with E-state index in [2.05, 4.69) is 5.32 Å². The normalized spacial score (nSPS) is 20.7. The highest BCUT2D eigenvalue weighted by Gasteiger charge is 2.49. The summed E-state index contributed by atoms with van der Waals surface area (Å²) in [7, 11) is 0. The van der Waals surface area contributed by atoms with Crippen molar-refractivity contribution in [3.8, 4) is 0 Å². The molecule has 1 atom stereocenters. The van der Waals surface area contributed by atoms with Gasteiger partial charge in [0.15, 0.2) is 0 Å². The van der Waals surface area contributed by atoms with E-state index in [9.17, 15) is 19.2 Å². The number of imide groups is 2. The standard InChI is InChI=1S/C13H13ClN4O4/c1-13(7-2-4-8(14)5-3-7)10(20)18(12(22)17-13)6-9(19)16-11(15)21/h2-5H,6H2,1H3,(H,17,22)(H3,15,16,19,21). The molecule has 1 aromatic carbocycles. The van der Waals surface area contributed by atoms with E-state index in [-0.39, 0.29) is 0 Å². The van der Waals surface area contributed by atoms with Gasteiger partial charge in [-0.2, -0.15) is 0 Å². The summed E-state index contributed by atoms with van der Waals surface area (Å²) in [5, 5.41) is 4.80. The van der Waals surface area contributed by atoms with Crippen LogP contribution >= 0.6 is 11.6 Å². The number of nitrogens with one attached hydrogen (secondary N) is 2. The van der Waals surface area contributed by atoms with E-state index in [0.29, 0.717) is 15.5 Å². The van der Waals surface area contributed by atoms with Gasteiger partial charge in [-0.15, -0.1) is 0 Å². The number of hydrogen-bond acceptors (Lipinski definition) is 4. The summed E-state index contributed by atoms with van der Waals surface area (Å²) < 4.78 is 0. The van der Waals surface area contributed by atoms with Crippen molar-refractivity contribution in [3.05, 3.63) is 34.9 Å². The minimum absolute atomic E-state index is 0.488. The second kappa shape index (κ2) is 5.64. The van der Waals surface area contributed by atoms with E-state index in [1.165, 1.54) is 6.92 Å². The fourth-order valence-electron chi connectivity index (χ4n) is 2.14. The predicted molar refractivity (Wildman–Crippen MR) is 76.8 cm³/mol. The fraction of sp³-hybridized carbons (Fsp3) is 0.231. The Kier molecular flexibility index (Phi) is 4.05. The third-order valence-corrected chi connectivity index (χ3v) is 3.51. The van der Waals surface area contributed by atoms with E-state index in [1.54, 1.807) is 29.6 Å². The van der Waals surface area contributed by atoms with Gasteiger partial charge in [0.05, 0.1) is 0 Å². The molecular formula is C13H13ClN4O4. The molecule has 1 aromatic rings. The molecule has 2 rings (SSSR count). The van der Waals surface area contributed by atoms with Crippen LogP contribution in [0.1, 0.15) is 12.5 Å². The van der Waals surface area contributed by atoms with Crippen LogP contribution in [0.25, 0.3) is 0 Å². The van der Waals surface area contributed by atoms with Crippen molar-refractivity contribution < 1.29 is 19.2 Å². The van der Waals surface area contributed by atoms with Crippen molar-refractivity contribution in [2.75, 3.05) is 6.54 Å². The van der Waals surface area contributed by atoms with Gasteiger partial charge < -0.3 is 11.1 Å². The number of nitrogens with two attached hydrogens (primary N) is 1. The van der Waals surface area contributed by atoms with Gasteiger partial charge in [0.1, 0.15) is 12.1 Å². The number of rotatable bonds is 3. The number of carbonyl (C=O) groups excluding carboxylic acids is 4. The van der Waals surface area contributed by atoms with Gasteiger partial charge in [-0.1, -0.05) is 23.7 Å². The highest BCUT2D eigenvalue weighted by molar-refractivity contribution is 6.30. The van der Waals surface area contributed by atoms with Crippen molar-refractivity contribution in [2.24, 2.45) is 5.73 Å². The molecule has 1 saturated heterocycles. The van der Waals surface area contributed by atoms with E-state index in [1.807, 2.05) is 0 Å². The average Bonchev–Trinajstić information content (AvgIpc) is 2.63. The van der Waals surface area contributed by atoms with Crippen LogP contribution in [0.3, 0.4) is 0 Å². The summed E-state index contributed by atoms with van der Waals surface area (Å²) in [4.78, 5) is 47.2. The van der Waals surface area contributed by atoms with Crippen molar-refractivity contribution in [3.63, 3.8) is 0 Å². The average molecular weight is 325 g/mol. The van der Waals surface area contributed by atoms with Crippen molar-refractivity contribution in [2.45, 2.75) is 12.5 Å². The Morgan fingerprint density at radius 1 is 1.32 bits per heavy atom. The number of halogens is 1. The summed E-state index contributed by atoms with van der Waals surface area (Å²) in [6.45, 7) is 0.916. The number of amides is 6. The third kappa shape index (κ3) is 2.86. The lowest BCUT2D eigenvalue weighted by Gasteiger charge is -2.22. The summed E-state index contributed by atoms with van der Waals surface area (Å²) in [5.41, 5.74) is 4.02. The van der Waals surface area contributed by atoms with Crippen molar-refractivity contribution in [1.29, 1.82) is 0 Å². The zero-order valence-corrected chi connectivity index (χ0v) is 12.3. The van der Waals surface area contributed by atoms with E-state index in [0.717, 1.165) is 0 Å². The number of primary amides is 1. The minimum atomic E-state index is -1.31. The molecule has 1 aliphatic heterocycles. The first-order valence-electron chi connectivity index (χ1n) is 6.23. The van der Waals surface area contributed by atoms with Gasteiger partial charge in [-0.3, -0.25) is 19.8 Å². The molecule has 0 aromatic heterocycles. The molecule has 0 saturated carbocycles. The topological polar surface area (TPSA) is 122 Å². The Bertz CT molecular complexity index is 661. The first-order chi connectivity index (χ1) is 10.2. The van der Waals surface area contributed by atoms with Crippen LogP contribution in [0.2, 0.25) is 5.02 Å². The molecule has 1 heterocycles. The molecule has 0 radical (unpaired) electrons. The number of benzene rings is 1. The highest BCUT2D eigenvalue weighted by Crippen LogP contribution is 2.29. The quantitative estimate of drug-likeness (QED) is 0.692. The Balaban J connectivity index is 2.22. The first-order valence-corrected chi connectivity index (χ1v) is 6.61. The molecule has 8 nitrogen and oxygen atoms in total. The first kappa shape index (κ1) is 15.8. The molecule has 4 N–H and O–H groups in total. The number of hydrogen-bond donors (Lipinski definition) is 3. The van der Waals surface area contributed by atoms with Crippen LogP contribution in [0, 0.1) is 0 Å². The lowest BCUT2D eigenvalue weighted by Crippen LogP contribution is -2.45. The maximum atomic E-state index is 12.5. The summed E-state index contributed by atoms with van der Waals surface area (Å²) in [6, 6.07) is 4.59. The zero-order chi connectivity index (χ0) is 16.5. The second-order valence-electron chi connectivity index (χ2n) is 4.87. The van der Waals surface area contributed by atoms with Gasteiger partial charge in [-0.25, -0.2) is 9.59 Å². The van der Waals surface area contributed by atoms with Gasteiger partial charge in [-0.05, 0) is 24.6 Å². The van der Waals surface area contributed by atoms with Crippen molar-refractivity contribution in [1.82, 2.24) is 15.5 Å². The smallest absolute Gasteiger partial charge is 0.325 e. The Hall–Kier alpha value is -2.61. The van der Waals surface area contributed by atoms with Gasteiger partial charge in [0.2, 0.25) is 5.91 Å². The molecule has 22 heavy (non-hydrogen) atoms. The van der Waals surface area contributed by atoms with Crippen LogP contribution < -0.4 is 16.4 Å². The Labute approximate surface area is 130 Å². The molecule has 0 aliphatic carbocycles. The maximum Gasteiger partial charge on any atom is 0.325 e. The molecule has 0 spiro atoms. The van der Waals surface area contributed by atoms with Gasteiger partial charge >= 0.3 is 12.1 Å². The highest BCUT2D eigenvalue weighted by atomic mass is 35.5. The SMILES string of the molecule is CC1(c2ccc(Cl)cc2)NC(=O)N(CC(=O)NC(N)=O)C1=O. The Morgan fingerprint density at radius 2 is 1.91 bits per heavy atom. The largest absolute Gasteiger partial charge is 0.351 e. The summed E-state index contributed by atoms with van der Waals surface area (Å²) in [5.74, 6) is -1.46. The lowest BCUT2D eigenvalue weighted by molar-refractivity contribution is -0.134.